The lowest BCUT2D eigenvalue weighted by molar-refractivity contribution is -0.121. The van der Waals surface area contributed by atoms with Gasteiger partial charge >= 0.3 is 0 Å². The Morgan fingerprint density at radius 3 is 2.35 bits per heavy atom. The lowest BCUT2D eigenvalue weighted by Gasteiger charge is -2.27. The van der Waals surface area contributed by atoms with Crippen molar-refractivity contribution in [1.29, 1.82) is 0 Å². The minimum Gasteiger partial charge on any atom is -0.355 e. The number of carbonyl (C=O) groups excluding carboxylic acids is 1. The second kappa shape index (κ2) is 7.30. The number of amides is 1. The van der Waals surface area contributed by atoms with E-state index in [0.717, 1.165) is 18.7 Å². The van der Waals surface area contributed by atoms with E-state index < -0.39 is 0 Å². The molecule has 1 unspecified atom stereocenters. The number of carbonyl (C=O) groups is 1. The van der Waals surface area contributed by atoms with Crippen molar-refractivity contribution < 1.29 is 4.79 Å². The van der Waals surface area contributed by atoms with Gasteiger partial charge in [-0.25, -0.2) is 0 Å². The Bertz CT molecular complexity index is 226. The minimum atomic E-state index is 0.212. The van der Waals surface area contributed by atoms with Crippen LogP contribution in [0.2, 0.25) is 0 Å². The Kier molecular flexibility index (Phi) is 6.39. The fraction of sp³-hybridized carbons (Fsp3) is 0.929. The molecule has 0 aromatic rings. The van der Waals surface area contributed by atoms with Crippen molar-refractivity contribution in [3.8, 4) is 0 Å². The van der Waals surface area contributed by atoms with Crippen molar-refractivity contribution in [3.63, 3.8) is 0 Å². The standard InChI is InChI=1S/C14H27NOS/c1-10(2)12(11(3)4)9-15-14(16)13-7-5-6-8-17-13/h10-13H,5-9H2,1-4H3,(H,15,16). The van der Waals surface area contributed by atoms with Gasteiger partial charge in [0.2, 0.25) is 5.91 Å². The molecule has 1 aliphatic rings. The van der Waals surface area contributed by atoms with Crippen molar-refractivity contribution in [2.75, 3.05) is 12.3 Å². The first-order valence-electron chi connectivity index (χ1n) is 6.91. The molecule has 1 rings (SSSR count). The van der Waals surface area contributed by atoms with E-state index in [2.05, 4.69) is 33.0 Å². The van der Waals surface area contributed by atoms with Gasteiger partial charge in [-0.1, -0.05) is 34.1 Å². The van der Waals surface area contributed by atoms with Crippen LogP contribution in [0.3, 0.4) is 0 Å². The topological polar surface area (TPSA) is 29.1 Å². The van der Waals surface area contributed by atoms with Crippen molar-refractivity contribution in [2.24, 2.45) is 17.8 Å². The molecule has 100 valence electrons. The minimum absolute atomic E-state index is 0.212. The third-order valence-electron chi connectivity index (χ3n) is 3.70. The molecule has 1 atom stereocenters. The maximum atomic E-state index is 12.0. The molecule has 1 N–H and O–H groups in total. The third kappa shape index (κ3) is 4.90. The van der Waals surface area contributed by atoms with E-state index in [9.17, 15) is 4.79 Å². The first-order valence-corrected chi connectivity index (χ1v) is 7.96. The van der Waals surface area contributed by atoms with Crippen LogP contribution in [0.4, 0.5) is 0 Å². The molecule has 0 spiro atoms. The summed E-state index contributed by atoms with van der Waals surface area (Å²) in [5.74, 6) is 3.27. The van der Waals surface area contributed by atoms with E-state index in [1.54, 1.807) is 0 Å². The smallest absolute Gasteiger partial charge is 0.233 e. The van der Waals surface area contributed by atoms with Gasteiger partial charge in [-0.15, -0.1) is 11.8 Å². The van der Waals surface area contributed by atoms with Gasteiger partial charge < -0.3 is 5.32 Å². The van der Waals surface area contributed by atoms with Crippen LogP contribution in [0, 0.1) is 17.8 Å². The predicted octanol–water partition coefficient (Wildman–Crippen LogP) is 3.32. The quantitative estimate of drug-likeness (QED) is 0.818. The molecule has 1 aliphatic heterocycles. The number of hydrogen-bond acceptors (Lipinski definition) is 2. The molecule has 1 fully saturated rings. The molecule has 0 radical (unpaired) electrons. The molecule has 1 amide bonds. The zero-order valence-corrected chi connectivity index (χ0v) is 12.5. The van der Waals surface area contributed by atoms with Crippen LogP contribution < -0.4 is 5.32 Å². The Morgan fingerprint density at radius 1 is 1.24 bits per heavy atom. The van der Waals surface area contributed by atoms with Crippen molar-refractivity contribution in [3.05, 3.63) is 0 Å². The second-order valence-electron chi connectivity index (χ2n) is 5.75. The highest BCUT2D eigenvalue weighted by Crippen LogP contribution is 2.25. The SMILES string of the molecule is CC(C)C(CNC(=O)C1CCCCS1)C(C)C. The summed E-state index contributed by atoms with van der Waals surface area (Å²) in [6.45, 7) is 9.81. The van der Waals surface area contributed by atoms with Crippen molar-refractivity contribution >= 4 is 17.7 Å². The molecule has 0 aromatic heterocycles. The van der Waals surface area contributed by atoms with Crippen LogP contribution in [0.25, 0.3) is 0 Å². The summed E-state index contributed by atoms with van der Waals surface area (Å²) in [7, 11) is 0. The molecular weight excluding hydrogens is 230 g/mol. The van der Waals surface area contributed by atoms with E-state index in [4.69, 9.17) is 0 Å². The summed E-state index contributed by atoms with van der Waals surface area (Å²) in [4.78, 5) is 12.0. The van der Waals surface area contributed by atoms with Crippen molar-refractivity contribution in [2.45, 2.75) is 52.2 Å². The molecule has 1 heterocycles. The highest BCUT2D eigenvalue weighted by Gasteiger charge is 2.23. The van der Waals surface area contributed by atoms with Crippen LogP contribution in [-0.4, -0.2) is 23.5 Å². The largest absolute Gasteiger partial charge is 0.355 e. The maximum Gasteiger partial charge on any atom is 0.233 e. The molecule has 1 saturated heterocycles. The molecular formula is C14H27NOS. The maximum absolute atomic E-state index is 12.0. The number of nitrogens with one attached hydrogen (secondary N) is 1. The highest BCUT2D eigenvalue weighted by molar-refractivity contribution is 8.00. The van der Waals surface area contributed by atoms with Gasteiger partial charge in [0.05, 0.1) is 5.25 Å². The van der Waals surface area contributed by atoms with E-state index >= 15 is 0 Å². The normalized spacial score (nSPS) is 21.2. The Labute approximate surface area is 110 Å². The number of rotatable bonds is 5. The zero-order chi connectivity index (χ0) is 12.8. The molecule has 2 nitrogen and oxygen atoms in total. The lowest BCUT2D eigenvalue weighted by Crippen LogP contribution is -2.39. The summed E-state index contributed by atoms with van der Waals surface area (Å²) in [5.41, 5.74) is 0. The lowest BCUT2D eigenvalue weighted by atomic mass is 9.85. The van der Waals surface area contributed by atoms with Gasteiger partial charge in [0, 0.05) is 6.54 Å². The Hall–Kier alpha value is -0.180. The number of hydrogen-bond donors (Lipinski definition) is 1. The monoisotopic (exact) mass is 257 g/mol. The van der Waals surface area contributed by atoms with Gasteiger partial charge in [0.15, 0.2) is 0 Å². The van der Waals surface area contributed by atoms with Gasteiger partial charge in [-0.05, 0) is 36.3 Å². The van der Waals surface area contributed by atoms with E-state index in [-0.39, 0.29) is 11.2 Å². The summed E-state index contributed by atoms with van der Waals surface area (Å²) in [6.07, 6.45) is 3.54. The summed E-state index contributed by atoms with van der Waals surface area (Å²) >= 11 is 1.83. The molecule has 0 bridgehead atoms. The van der Waals surface area contributed by atoms with Gasteiger partial charge in [0.1, 0.15) is 0 Å². The first-order chi connectivity index (χ1) is 8.02. The van der Waals surface area contributed by atoms with Gasteiger partial charge in [-0.2, -0.15) is 0 Å². The molecule has 17 heavy (non-hydrogen) atoms. The first kappa shape index (κ1) is 14.9. The summed E-state index contributed by atoms with van der Waals surface area (Å²) in [6, 6.07) is 0. The molecule has 0 aromatic carbocycles. The van der Waals surface area contributed by atoms with E-state index in [1.807, 2.05) is 11.8 Å². The summed E-state index contributed by atoms with van der Waals surface area (Å²) in [5, 5.41) is 3.37. The van der Waals surface area contributed by atoms with Gasteiger partial charge in [0.25, 0.3) is 0 Å². The average molecular weight is 257 g/mol. The summed E-state index contributed by atoms with van der Waals surface area (Å²) < 4.78 is 0. The fourth-order valence-corrected chi connectivity index (χ4v) is 3.74. The molecule has 0 saturated carbocycles. The zero-order valence-electron chi connectivity index (χ0n) is 11.7. The Morgan fingerprint density at radius 2 is 1.88 bits per heavy atom. The molecule has 0 aliphatic carbocycles. The van der Waals surface area contributed by atoms with E-state index in [0.29, 0.717) is 17.8 Å². The van der Waals surface area contributed by atoms with Crippen LogP contribution in [0.5, 0.6) is 0 Å². The predicted molar refractivity (Wildman–Crippen MR) is 76.3 cm³/mol. The number of thioether (sulfide) groups is 1. The second-order valence-corrected chi connectivity index (χ2v) is 7.06. The van der Waals surface area contributed by atoms with Crippen LogP contribution >= 0.6 is 11.8 Å². The van der Waals surface area contributed by atoms with Crippen LogP contribution in [-0.2, 0) is 4.79 Å². The van der Waals surface area contributed by atoms with E-state index in [1.165, 1.54) is 12.8 Å². The van der Waals surface area contributed by atoms with Crippen LogP contribution in [0.1, 0.15) is 47.0 Å². The van der Waals surface area contributed by atoms with Crippen molar-refractivity contribution in [1.82, 2.24) is 5.32 Å². The Balaban J connectivity index is 2.35. The highest BCUT2D eigenvalue weighted by atomic mass is 32.2. The fourth-order valence-electron chi connectivity index (χ4n) is 2.52. The van der Waals surface area contributed by atoms with Gasteiger partial charge in [-0.3, -0.25) is 4.79 Å². The third-order valence-corrected chi connectivity index (χ3v) is 5.07. The molecule has 3 heteroatoms. The average Bonchev–Trinajstić information content (AvgIpc) is 2.29. The van der Waals surface area contributed by atoms with Crippen LogP contribution in [0.15, 0.2) is 0 Å².